The summed E-state index contributed by atoms with van der Waals surface area (Å²) in [5.41, 5.74) is 0.0581. The number of hydrogen-bond acceptors (Lipinski definition) is 1. The second-order valence-corrected chi connectivity index (χ2v) is 5.84. The molecule has 1 nitrogen and oxygen atoms in total. The Hall–Kier alpha value is -1.23. The van der Waals surface area contributed by atoms with Crippen LogP contribution in [-0.2, 0) is 12.6 Å². The molecule has 0 saturated heterocycles. The molecule has 0 spiro atoms. The molecule has 1 rings (SSSR count). The first-order chi connectivity index (χ1) is 7.84. The Kier molecular flexibility index (Phi) is 4.39. The van der Waals surface area contributed by atoms with Gasteiger partial charge in [-0.1, -0.05) is 12.1 Å². The average Bonchev–Trinajstić information content (AvgIpc) is 2.18. The Balaban J connectivity index is 3.14. The first-order valence-corrected chi connectivity index (χ1v) is 7.54. The molecule has 0 heterocycles. The van der Waals surface area contributed by atoms with Gasteiger partial charge in [0.2, 0.25) is 0 Å². The minimum atomic E-state index is -4.33. The first-order valence-electron chi connectivity index (χ1n) is 5.13. The zero-order valence-electron chi connectivity index (χ0n) is 9.77. The van der Waals surface area contributed by atoms with Crippen LogP contribution in [-0.4, -0.2) is 9.04 Å². The van der Waals surface area contributed by atoms with E-state index >= 15 is 0 Å². The summed E-state index contributed by atoms with van der Waals surface area (Å²) in [6.07, 6.45) is -2.19. The van der Waals surface area contributed by atoms with Crippen molar-refractivity contribution in [3.8, 4) is 5.75 Å². The Labute approximate surface area is 101 Å². The molecule has 0 unspecified atom stereocenters. The molecule has 1 aromatic rings. The van der Waals surface area contributed by atoms with Gasteiger partial charge in [0.25, 0.3) is 9.04 Å². The molecule has 0 bridgehead atoms. The Bertz CT molecular complexity index is 399. The monoisotopic (exact) mass is 259 g/mol. The van der Waals surface area contributed by atoms with Crippen molar-refractivity contribution in [3.05, 3.63) is 42.0 Å². The van der Waals surface area contributed by atoms with Gasteiger partial charge in [-0.15, -0.1) is 6.58 Å². The summed E-state index contributed by atoms with van der Waals surface area (Å²) in [6, 6.07) is 3.59. The molecular formula is C12H14F3OSi. The molecule has 5 heteroatoms. The summed E-state index contributed by atoms with van der Waals surface area (Å²) in [5, 5.41) is 0. The van der Waals surface area contributed by atoms with Gasteiger partial charge >= 0.3 is 6.18 Å². The minimum absolute atomic E-state index is 0.318. The molecule has 0 fully saturated rings. The van der Waals surface area contributed by atoms with Crippen molar-refractivity contribution in [3.63, 3.8) is 0 Å². The van der Waals surface area contributed by atoms with E-state index in [1.165, 1.54) is 6.07 Å². The molecule has 0 aliphatic rings. The van der Waals surface area contributed by atoms with E-state index in [4.69, 9.17) is 4.43 Å². The third-order valence-electron chi connectivity index (χ3n) is 2.07. The lowest BCUT2D eigenvalue weighted by Gasteiger charge is -2.15. The Morgan fingerprint density at radius 1 is 1.35 bits per heavy atom. The highest BCUT2D eigenvalue weighted by molar-refractivity contribution is 6.49. The van der Waals surface area contributed by atoms with Crippen molar-refractivity contribution in [1.29, 1.82) is 0 Å². The molecule has 0 aromatic heterocycles. The van der Waals surface area contributed by atoms with Gasteiger partial charge in [0, 0.05) is 0 Å². The van der Waals surface area contributed by atoms with Gasteiger partial charge in [-0.25, -0.2) is 0 Å². The fourth-order valence-electron chi connectivity index (χ4n) is 1.37. The first kappa shape index (κ1) is 13.8. The van der Waals surface area contributed by atoms with Crippen LogP contribution in [0, 0.1) is 0 Å². The number of benzene rings is 1. The molecular weight excluding hydrogens is 245 g/mol. The van der Waals surface area contributed by atoms with Crippen molar-refractivity contribution in [2.24, 2.45) is 0 Å². The highest BCUT2D eigenvalue weighted by Gasteiger charge is 2.31. The van der Waals surface area contributed by atoms with Gasteiger partial charge in [0.1, 0.15) is 5.75 Å². The summed E-state index contributed by atoms with van der Waals surface area (Å²) >= 11 is 0. The minimum Gasteiger partial charge on any atom is -0.542 e. The molecule has 0 saturated carbocycles. The van der Waals surface area contributed by atoms with E-state index in [2.05, 4.69) is 6.58 Å². The fourth-order valence-corrected chi connectivity index (χ4v) is 2.00. The van der Waals surface area contributed by atoms with E-state index in [1.807, 2.05) is 13.1 Å². The van der Waals surface area contributed by atoms with Gasteiger partial charge in [-0.05, 0) is 37.2 Å². The van der Waals surface area contributed by atoms with Gasteiger partial charge in [0.15, 0.2) is 0 Å². The van der Waals surface area contributed by atoms with Crippen LogP contribution in [0.1, 0.15) is 11.1 Å². The summed E-state index contributed by atoms with van der Waals surface area (Å²) in [5.74, 6) is 0.318. The van der Waals surface area contributed by atoms with E-state index < -0.39 is 20.8 Å². The molecule has 93 valence electrons. The van der Waals surface area contributed by atoms with Crippen LogP contribution in [0.4, 0.5) is 13.2 Å². The predicted octanol–water partition coefficient (Wildman–Crippen LogP) is 4.06. The molecule has 0 aliphatic heterocycles. The van der Waals surface area contributed by atoms with E-state index in [0.29, 0.717) is 12.2 Å². The summed E-state index contributed by atoms with van der Waals surface area (Å²) < 4.78 is 43.2. The van der Waals surface area contributed by atoms with Crippen molar-refractivity contribution < 1.29 is 17.6 Å². The lowest BCUT2D eigenvalue weighted by molar-refractivity contribution is -0.137. The molecule has 1 radical (unpaired) electrons. The van der Waals surface area contributed by atoms with E-state index in [-0.39, 0.29) is 0 Å². The van der Waals surface area contributed by atoms with E-state index in [0.717, 1.165) is 17.7 Å². The maximum atomic E-state index is 12.6. The molecule has 0 aliphatic carbocycles. The maximum absolute atomic E-state index is 12.6. The normalized spacial score (nSPS) is 11.6. The summed E-state index contributed by atoms with van der Waals surface area (Å²) in [7, 11) is -1.09. The largest absolute Gasteiger partial charge is 0.542 e. The Morgan fingerprint density at radius 2 is 2.00 bits per heavy atom. The SMILES string of the molecule is C=CCc1ccc(C(F)(F)F)cc1O[Si](C)C. The lowest BCUT2D eigenvalue weighted by Crippen LogP contribution is -2.14. The quantitative estimate of drug-likeness (QED) is 0.585. The van der Waals surface area contributed by atoms with Crippen LogP contribution in [0.5, 0.6) is 5.75 Å². The van der Waals surface area contributed by atoms with Gasteiger partial charge in [-0.2, -0.15) is 13.2 Å². The van der Waals surface area contributed by atoms with Gasteiger partial charge in [-0.3, -0.25) is 0 Å². The van der Waals surface area contributed by atoms with Crippen LogP contribution in [0.25, 0.3) is 0 Å². The van der Waals surface area contributed by atoms with E-state index in [9.17, 15) is 13.2 Å². The second-order valence-electron chi connectivity index (χ2n) is 3.82. The lowest BCUT2D eigenvalue weighted by atomic mass is 10.1. The number of alkyl halides is 3. The zero-order chi connectivity index (χ0) is 13.1. The molecule has 0 N–H and O–H groups in total. The average molecular weight is 259 g/mol. The van der Waals surface area contributed by atoms with Crippen molar-refractivity contribution in [1.82, 2.24) is 0 Å². The van der Waals surface area contributed by atoms with Crippen LogP contribution >= 0.6 is 0 Å². The number of allylic oxidation sites excluding steroid dienone is 1. The van der Waals surface area contributed by atoms with Crippen LogP contribution in [0.3, 0.4) is 0 Å². The fraction of sp³-hybridized carbons (Fsp3) is 0.333. The topological polar surface area (TPSA) is 9.23 Å². The zero-order valence-corrected chi connectivity index (χ0v) is 10.8. The maximum Gasteiger partial charge on any atom is 0.416 e. The third kappa shape index (κ3) is 3.92. The summed E-state index contributed by atoms with van der Waals surface area (Å²) in [4.78, 5) is 0. The Morgan fingerprint density at radius 3 is 2.47 bits per heavy atom. The van der Waals surface area contributed by atoms with Crippen LogP contribution in [0.15, 0.2) is 30.9 Å². The van der Waals surface area contributed by atoms with Gasteiger partial charge < -0.3 is 4.43 Å². The van der Waals surface area contributed by atoms with Crippen molar-refractivity contribution >= 4 is 9.04 Å². The smallest absolute Gasteiger partial charge is 0.416 e. The van der Waals surface area contributed by atoms with Crippen molar-refractivity contribution in [2.45, 2.75) is 25.7 Å². The van der Waals surface area contributed by atoms with Gasteiger partial charge in [0.05, 0.1) is 5.56 Å². The molecule has 0 atom stereocenters. The second kappa shape index (κ2) is 5.40. The standard InChI is InChI=1S/C12H14F3OSi/c1-4-5-9-6-7-10(12(13,14)15)8-11(9)16-17(2)3/h4,6-8H,1,5H2,2-3H3. The van der Waals surface area contributed by atoms with Crippen molar-refractivity contribution in [2.75, 3.05) is 0 Å². The number of hydrogen-bond donors (Lipinski definition) is 0. The third-order valence-corrected chi connectivity index (χ3v) is 2.70. The summed E-state index contributed by atoms with van der Waals surface area (Å²) in [6.45, 7) is 7.33. The highest BCUT2D eigenvalue weighted by atomic mass is 28.3. The highest BCUT2D eigenvalue weighted by Crippen LogP contribution is 2.33. The van der Waals surface area contributed by atoms with Crippen LogP contribution in [0.2, 0.25) is 13.1 Å². The number of rotatable bonds is 4. The molecule has 17 heavy (non-hydrogen) atoms. The number of halogens is 3. The van der Waals surface area contributed by atoms with Crippen LogP contribution < -0.4 is 4.43 Å². The molecule has 0 amide bonds. The molecule has 1 aromatic carbocycles. The van der Waals surface area contributed by atoms with E-state index in [1.54, 1.807) is 6.08 Å². The predicted molar refractivity (Wildman–Crippen MR) is 63.5 cm³/mol.